The summed E-state index contributed by atoms with van der Waals surface area (Å²) in [6.45, 7) is 2.08. The van der Waals surface area contributed by atoms with Gasteiger partial charge >= 0.3 is 0 Å². The van der Waals surface area contributed by atoms with Crippen molar-refractivity contribution in [1.29, 1.82) is 0 Å². The Labute approximate surface area is 166 Å². The van der Waals surface area contributed by atoms with Gasteiger partial charge in [-0.25, -0.2) is 18.1 Å². The summed E-state index contributed by atoms with van der Waals surface area (Å²) >= 11 is 12.1. The molecule has 0 spiro atoms. The van der Waals surface area contributed by atoms with Gasteiger partial charge in [-0.2, -0.15) is 0 Å². The van der Waals surface area contributed by atoms with Gasteiger partial charge in [-0.3, -0.25) is 4.79 Å². The number of nitrogens with zero attached hydrogens (tertiary/aromatic N) is 2. The average Bonchev–Trinajstić information content (AvgIpc) is 2.99. The Balaban J connectivity index is 1.80. The highest BCUT2D eigenvalue weighted by Crippen LogP contribution is 2.22. The average molecular weight is 424 g/mol. The first kappa shape index (κ1) is 19.4. The molecule has 0 saturated carbocycles. The van der Waals surface area contributed by atoms with Gasteiger partial charge in [0.05, 0.1) is 11.4 Å². The summed E-state index contributed by atoms with van der Waals surface area (Å²) in [4.78, 5) is 16.5. The van der Waals surface area contributed by atoms with E-state index in [9.17, 15) is 13.2 Å². The molecule has 0 bridgehead atoms. The van der Waals surface area contributed by atoms with Gasteiger partial charge in [0, 0.05) is 16.2 Å². The molecule has 9 heteroatoms. The minimum Gasteiger partial charge on any atom is -0.330 e. The summed E-state index contributed by atoms with van der Waals surface area (Å²) in [6, 6.07) is 12.8. The highest BCUT2D eigenvalue weighted by molar-refractivity contribution is 7.90. The van der Waals surface area contributed by atoms with Crippen LogP contribution in [0.2, 0.25) is 10.0 Å². The van der Waals surface area contributed by atoms with Gasteiger partial charge in [-0.05, 0) is 36.8 Å². The molecule has 1 amide bonds. The van der Waals surface area contributed by atoms with Crippen molar-refractivity contribution in [3.63, 3.8) is 0 Å². The zero-order valence-corrected chi connectivity index (χ0v) is 16.5. The second kappa shape index (κ2) is 7.72. The molecule has 0 aliphatic carbocycles. The van der Waals surface area contributed by atoms with E-state index in [0.717, 1.165) is 5.56 Å². The van der Waals surface area contributed by atoms with Crippen LogP contribution in [0.25, 0.3) is 0 Å². The van der Waals surface area contributed by atoms with Crippen molar-refractivity contribution in [1.82, 2.24) is 14.3 Å². The van der Waals surface area contributed by atoms with Crippen LogP contribution in [0.3, 0.4) is 0 Å². The minimum atomic E-state index is -3.97. The number of amides is 1. The molecule has 1 heterocycles. The van der Waals surface area contributed by atoms with Crippen LogP contribution < -0.4 is 4.72 Å². The third kappa shape index (κ3) is 4.50. The molecule has 6 nitrogen and oxygen atoms in total. The standard InChI is InChI=1S/C18H15Cl2N3O3S/c1-12-21-17(11-23(12)10-13-7-8-14(19)9-16(13)20)18(24)22-27(25,26)15-5-3-2-4-6-15/h2-9,11H,10H2,1H3,(H,22,24). The molecule has 1 N–H and O–H groups in total. The number of halogens is 2. The molecule has 0 radical (unpaired) electrons. The van der Waals surface area contributed by atoms with E-state index in [0.29, 0.717) is 22.4 Å². The predicted octanol–water partition coefficient (Wildman–Crippen LogP) is 3.67. The van der Waals surface area contributed by atoms with Gasteiger partial charge in [0.2, 0.25) is 0 Å². The molecular weight excluding hydrogens is 409 g/mol. The number of carbonyl (C=O) groups is 1. The van der Waals surface area contributed by atoms with Gasteiger partial charge < -0.3 is 4.57 Å². The van der Waals surface area contributed by atoms with Crippen LogP contribution in [-0.4, -0.2) is 23.9 Å². The number of hydrogen-bond donors (Lipinski definition) is 1. The first-order valence-corrected chi connectivity index (χ1v) is 10.1. The van der Waals surface area contributed by atoms with Crippen LogP contribution in [0.4, 0.5) is 0 Å². The normalized spacial score (nSPS) is 11.4. The summed E-state index contributed by atoms with van der Waals surface area (Å²) < 4.78 is 28.3. The number of sulfonamides is 1. The molecule has 140 valence electrons. The number of benzene rings is 2. The molecule has 2 aromatic carbocycles. The molecule has 27 heavy (non-hydrogen) atoms. The van der Waals surface area contributed by atoms with Crippen LogP contribution in [0.5, 0.6) is 0 Å². The SMILES string of the molecule is Cc1nc(C(=O)NS(=O)(=O)c2ccccc2)cn1Cc1ccc(Cl)cc1Cl. The number of carbonyl (C=O) groups excluding carboxylic acids is 1. The van der Waals surface area contributed by atoms with Crippen LogP contribution in [0.15, 0.2) is 59.6 Å². The lowest BCUT2D eigenvalue weighted by Crippen LogP contribution is -2.30. The summed E-state index contributed by atoms with van der Waals surface area (Å²) in [6.07, 6.45) is 1.48. The fraction of sp³-hybridized carbons (Fsp3) is 0.111. The van der Waals surface area contributed by atoms with E-state index < -0.39 is 15.9 Å². The van der Waals surface area contributed by atoms with Gasteiger partial charge in [0.15, 0.2) is 0 Å². The third-order valence-electron chi connectivity index (χ3n) is 3.85. The first-order chi connectivity index (χ1) is 12.8. The van der Waals surface area contributed by atoms with Gasteiger partial charge in [0.25, 0.3) is 15.9 Å². The number of nitrogens with one attached hydrogen (secondary N) is 1. The van der Waals surface area contributed by atoms with E-state index in [2.05, 4.69) is 4.98 Å². The minimum absolute atomic E-state index is 0.00227. The Morgan fingerprint density at radius 3 is 2.52 bits per heavy atom. The molecule has 0 unspecified atom stereocenters. The smallest absolute Gasteiger partial charge is 0.285 e. The van der Waals surface area contributed by atoms with Crippen LogP contribution in [0, 0.1) is 6.92 Å². The van der Waals surface area contributed by atoms with Crippen molar-refractivity contribution in [3.8, 4) is 0 Å². The number of hydrogen-bond acceptors (Lipinski definition) is 4. The van der Waals surface area contributed by atoms with E-state index in [4.69, 9.17) is 23.2 Å². The Morgan fingerprint density at radius 2 is 1.85 bits per heavy atom. The van der Waals surface area contributed by atoms with E-state index >= 15 is 0 Å². The quantitative estimate of drug-likeness (QED) is 0.678. The molecular formula is C18H15Cl2N3O3S. The second-order valence-electron chi connectivity index (χ2n) is 5.78. The topological polar surface area (TPSA) is 81.1 Å². The Bertz CT molecular complexity index is 1100. The van der Waals surface area contributed by atoms with E-state index in [1.807, 2.05) is 4.72 Å². The Kier molecular flexibility index (Phi) is 5.55. The second-order valence-corrected chi connectivity index (χ2v) is 8.31. The van der Waals surface area contributed by atoms with Crippen molar-refractivity contribution in [2.75, 3.05) is 0 Å². The maximum Gasteiger partial charge on any atom is 0.285 e. The zero-order chi connectivity index (χ0) is 19.6. The molecule has 0 aliphatic rings. The highest BCUT2D eigenvalue weighted by Gasteiger charge is 2.21. The van der Waals surface area contributed by atoms with Crippen molar-refractivity contribution in [2.45, 2.75) is 18.4 Å². The zero-order valence-electron chi connectivity index (χ0n) is 14.2. The Morgan fingerprint density at radius 1 is 1.15 bits per heavy atom. The largest absolute Gasteiger partial charge is 0.330 e. The molecule has 0 atom stereocenters. The maximum absolute atomic E-state index is 12.4. The maximum atomic E-state index is 12.4. The van der Waals surface area contributed by atoms with Gasteiger partial charge in [-0.1, -0.05) is 47.5 Å². The summed E-state index contributed by atoms with van der Waals surface area (Å²) in [5.74, 6) is -0.258. The summed E-state index contributed by atoms with van der Waals surface area (Å²) in [5, 5.41) is 1.02. The molecule has 1 aromatic heterocycles. The molecule has 0 fully saturated rings. The lowest BCUT2D eigenvalue weighted by atomic mass is 10.2. The molecule has 0 saturated heterocycles. The highest BCUT2D eigenvalue weighted by atomic mass is 35.5. The lowest BCUT2D eigenvalue weighted by Gasteiger charge is -2.07. The molecule has 0 aliphatic heterocycles. The van der Waals surface area contributed by atoms with Crippen LogP contribution in [0.1, 0.15) is 21.9 Å². The van der Waals surface area contributed by atoms with Crippen molar-refractivity contribution in [3.05, 3.63) is 81.9 Å². The van der Waals surface area contributed by atoms with Crippen LogP contribution in [-0.2, 0) is 16.6 Å². The number of imidazole rings is 1. The molecule has 3 rings (SSSR count). The van der Waals surface area contributed by atoms with Crippen molar-refractivity contribution < 1.29 is 13.2 Å². The fourth-order valence-electron chi connectivity index (χ4n) is 2.44. The van der Waals surface area contributed by atoms with Crippen molar-refractivity contribution >= 4 is 39.1 Å². The van der Waals surface area contributed by atoms with Crippen LogP contribution >= 0.6 is 23.2 Å². The van der Waals surface area contributed by atoms with E-state index in [-0.39, 0.29) is 10.6 Å². The van der Waals surface area contributed by atoms with E-state index in [1.54, 1.807) is 47.9 Å². The van der Waals surface area contributed by atoms with E-state index in [1.165, 1.54) is 18.3 Å². The predicted molar refractivity (Wildman–Crippen MR) is 104 cm³/mol. The third-order valence-corrected chi connectivity index (χ3v) is 5.78. The Hall–Kier alpha value is -2.35. The number of rotatable bonds is 5. The summed E-state index contributed by atoms with van der Waals surface area (Å²) in [5.41, 5.74) is 0.794. The van der Waals surface area contributed by atoms with Gasteiger partial charge in [-0.15, -0.1) is 0 Å². The fourth-order valence-corrected chi connectivity index (χ4v) is 3.89. The number of aryl methyl sites for hydroxylation is 1. The lowest BCUT2D eigenvalue weighted by molar-refractivity contribution is 0.0977. The van der Waals surface area contributed by atoms with Gasteiger partial charge in [0.1, 0.15) is 11.5 Å². The number of aromatic nitrogens is 2. The van der Waals surface area contributed by atoms with Crippen molar-refractivity contribution in [2.24, 2.45) is 0 Å². The first-order valence-electron chi connectivity index (χ1n) is 7.86. The molecule has 3 aromatic rings. The monoisotopic (exact) mass is 423 g/mol. The summed E-state index contributed by atoms with van der Waals surface area (Å²) in [7, 11) is -3.97.